The number of ether oxygens (including phenoxy) is 1. The molecule has 1 N–H and O–H groups in total. The molecule has 1 atom stereocenters. The van der Waals surface area contributed by atoms with E-state index in [9.17, 15) is 9.59 Å². The van der Waals surface area contributed by atoms with E-state index in [-0.39, 0.29) is 11.9 Å². The summed E-state index contributed by atoms with van der Waals surface area (Å²) in [6, 6.07) is 0. The number of hydrogen-bond acceptors (Lipinski definition) is 8. The maximum absolute atomic E-state index is 12.6. The number of carbonyl (C=O) groups excluding carboxylic acids is 2. The number of aryl methyl sites for hydroxylation is 2. The molecule has 0 aliphatic heterocycles. The van der Waals surface area contributed by atoms with Gasteiger partial charge < -0.3 is 10.1 Å². The van der Waals surface area contributed by atoms with E-state index in [1.165, 1.54) is 32.7 Å². The molecule has 8 nitrogen and oxygen atoms in total. The number of nitrogens with one attached hydrogen (secondary N) is 1. The average Bonchev–Trinajstić information content (AvgIpc) is 3.18. The second-order valence-corrected chi connectivity index (χ2v) is 8.38. The van der Waals surface area contributed by atoms with E-state index in [1.807, 2.05) is 0 Å². The Kier molecular flexibility index (Phi) is 5.92. The number of thiophene rings is 1. The molecule has 10 heteroatoms. The fraction of sp³-hybridized carbons (Fsp3) is 0.562. The molecular weight excluding hydrogens is 374 g/mol. The van der Waals surface area contributed by atoms with Crippen LogP contribution in [0.1, 0.15) is 47.5 Å². The third-order valence-corrected chi connectivity index (χ3v) is 6.45. The Labute approximate surface area is 159 Å². The summed E-state index contributed by atoms with van der Waals surface area (Å²) < 4.78 is 6.73. The number of esters is 1. The van der Waals surface area contributed by atoms with Crippen molar-refractivity contribution in [3.63, 3.8) is 0 Å². The first-order valence-electron chi connectivity index (χ1n) is 8.52. The van der Waals surface area contributed by atoms with Crippen LogP contribution in [0, 0.1) is 0 Å². The van der Waals surface area contributed by atoms with Crippen molar-refractivity contribution in [2.24, 2.45) is 7.05 Å². The molecule has 1 amide bonds. The molecule has 0 spiro atoms. The standard InChI is InChI=1S/C16H21N5O3S2/c1-4-24-15(23)12-10-7-5-6-8-11(10)26-14(12)17-13(22)9(2)25-16-18-19-20-21(16)3/h9H,4-8H2,1-3H3,(H,17,22). The van der Waals surface area contributed by atoms with Crippen molar-refractivity contribution in [3.8, 4) is 0 Å². The smallest absolute Gasteiger partial charge is 0.341 e. The number of hydrogen-bond donors (Lipinski definition) is 1. The van der Waals surface area contributed by atoms with E-state index in [2.05, 4.69) is 20.8 Å². The average molecular weight is 396 g/mol. The van der Waals surface area contributed by atoms with Gasteiger partial charge in [0.1, 0.15) is 5.00 Å². The first-order valence-corrected chi connectivity index (χ1v) is 10.2. The summed E-state index contributed by atoms with van der Waals surface area (Å²) in [4.78, 5) is 26.3. The van der Waals surface area contributed by atoms with Gasteiger partial charge in [-0.3, -0.25) is 4.79 Å². The summed E-state index contributed by atoms with van der Waals surface area (Å²) in [6.45, 7) is 3.87. The number of tetrazole rings is 1. The van der Waals surface area contributed by atoms with Crippen LogP contribution < -0.4 is 5.32 Å². The SMILES string of the molecule is CCOC(=O)c1c(NC(=O)C(C)Sc2nnnn2C)sc2c1CCCC2. The Balaban J connectivity index is 1.80. The predicted octanol–water partition coefficient (Wildman–Crippen LogP) is 2.45. The molecule has 3 rings (SSSR count). The Bertz CT molecular complexity index is 817. The van der Waals surface area contributed by atoms with E-state index >= 15 is 0 Å². The maximum atomic E-state index is 12.6. The van der Waals surface area contributed by atoms with E-state index < -0.39 is 5.25 Å². The summed E-state index contributed by atoms with van der Waals surface area (Å²) in [6.07, 6.45) is 3.95. The van der Waals surface area contributed by atoms with Crippen LogP contribution in [0.15, 0.2) is 5.16 Å². The Morgan fingerprint density at radius 1 is 1.38 bits per heavy atom. The van der Waals surface area contributed by atoms with Crippen molar-refractivity contribution < 1.29 is 14.3 Å². The first-order chi connectivity index (χ1) is 12.5. The predicted molar refractivity (Wildman–Crippen MR) is 99.7 cm³/mol. The molecule has 2 heterocycles. The minimum Gasteiger partial charge on any atom is -0.462 e. The molecule has 1 aliphatic carbocycles. The molecule has 140 valence electrons. The molecule has 0 radical (unpaired) electrons. The minimum atomic E-state index is -0.408. The molecule has 0 saturated heterocycles. The van der Waals surface area contributed by atoms with Crippen molar-refractivity contribution in [2.45, 2.75) is 49.9 Å². The summed E-state index contributed by atoms with van der Waals surface area (Å²) in [5, 5.41) is 14.9. The highest BCUT2D eigenvalue weighted by Gasteiger charge is 2.28. The monoisotopic (exact) mass is 395 g/mol. The number of thioether (sulfide) groups is 1. The zero-order chi connectivity index (χ0) is 18.7. The zero-order valence-electron chi connectivity index (χ0n) is 14.9. The fourth-order valence-electron chi connectivity index (χ4n) is 2.82. The molecule has 0 aromatic carbocycles. The van der Waals surface area contributed by atoms with Gasteiger partial charge in [0.05, 0.1) is 17.4 Å². The topological polar surface area (TPSA) is 99.0 Å². The van der Waals surface area contributed by atoms with Gasteiger partial charge >= 0.3 is 5.97 Å². The van der Waals surface area contributed by atoms with Gasteiger partial charge in [0.15, 0.2) is 0 Å². The van der Waals surface area contributed by atoms with Crippen LogP contribution in [-0.4, -0.2) is 43.9 Å². The molecule has 0 fully saturated rings. The largest absolute Gasteiger partial charge is 0.462 e. The van der Waals surface area contributed by atoms with Gasteiger partial charge in [-0.1, -0.05) is 11.8 Å². The number of rotatable bonds is 6. The normalized spacial score (nSPS) is 14.6. The summed E-state index contributed by atoms with van der Waals surface area (Å²) >= 11 is 2.75. The quantitative estimate of drug-likeness (QED) is 0.592. The lowest BCUT2D eigenvalue weighted by Crippen LogP contribution is -2.23. The highest BCUT2D eigenvalue weighted by Crippen LogP contribution is 2.39. The number of fused-ring (bicyclic) bond motifs is 1. The molecule has 0 saturated carbocycles. The Hall–Kier alpha value is -1.94. The molecule has 0 bridgehead atoms. The van der Waals surface area contributed by atoms with E-state index in [0.29, 0.717) is 22.3 Å². The van der Waals surface area contributed by atoms with Crippen molar-refractivity contribution in [3.05, 3.63) is 16.0 Å². The van der Waals surface area contributed by atoms with Crippen LogP contribution in [0.4, 0.5) is 5.00 Å². The van der Waals surface area contributed by atoms with Crippen LogP contribution >= 0.6 is 23.1 Å². The van der Waals surface area contributed by atoms with Crippen LogP contribution in [0.3, 0.4) is 0 Å². The molecule has 1 unspecified atom stereocenters. The third kappa shape index (κ3) is 3.90. The number of carbonyl (C=O) groups is 2. The molecule has 2 aromatic rings. The third-order valence-electron chi connectivity index (χ3n) is 4.12. The van der Waals surface area contributed by atoms with Gasteiger partial charge in [-0.2, -0.15) is 0 Å². The maximum Gasteiger partial charge on any atom is 0.341 e. The van der Waals surface area contributed by atoms with Crippen molar-refractivity contribution in [1.29, 1.82) is 0 Å². The van der Waals surface area contributed by atoms with Crippen LogP contribution in [0.2, 0.25) is 0 Å². The van der Waals surface area contributed by atoms with Crippen LogP contribution in [-0.2, 0) is 29.4 Å². The highest BCUT2D eigenvalue weighted by molar-refractivity contribution is 8.00. The van der Waals surface area contributed by atoms with Gasteiger partial charge in [0, 0.05) is 11.9 Å². The van der Waals surface area contributed by atoms with Crippen molar-refractivity contribution >= 4 is 40.0 Å². The fourth-order valence-corrected chi connectivity index (χ4v) is 4.85. The van der Waals surface area contributed by atoms with Gasteiger partial charge in [0.2, 0.25) is 11.1 Å². The Morgan fingerprint density at radius 2 is 2.15 bits per heavy atom. The van der Waals surface area contributed by atoms with Crippen molar-refractivity contribution in [1.82, 2.24) is 20.2 Å². The summed E-state index contributed by atoms with van der Waals surface area (Å²) in [7, 11) is 1.72. The number of nitrogens with zero attached hydrogens (tertiary/aromatic N) is 4. The molecule has 1 aliphatic rings. The van der Waals surface area contributed by atoms with Crippen LogP contribution in [0.25, 0.3) is 0 Å². The van der Waals surface area contributed by atoms with E-state index in [0.717, 1.165) is 31.2 Å². The molecule has 26 heavy (non-hydrogen) atoms. The lowest BCUT2D eigenvalue weighted by molar-refractivity contribution is -0.115. The highest BCUT2D eigenvalue weighted by atomic mass is 32.2. The van der Waals surface area contributed by atoms with Crippen LogP contribution in [0.5, 0.6) is 0 Å². The van der Waals surface area contributed by atoms with Gasteiger partial charge in [0.25, 0.3) is 0 Å². The minimum absolute atomic E-state index is 0.192. The first kappa shape index (κ1) is 18.8. The Morgan fingerprint density at radius 3 is 2.85 bits per heavy atom. The lowest BCUT2D eigenvalue weighted by Gasteiger charge is -2.13. The zero-order valence-corrected chi connectivity index (χ0v) is 16.6. The van der Waals surface area contributed by atoms with Gasteiger partial charge in [-0.25, -0.2) is 9.48 Å². The summed E-state index contributed by atoms with van der Waals surface area (Å²) in [5.74, 6) is -0.554. The van der Waals surface area contributed by atoms with Gasteiger partial charge in [-0.15, -0.1) is 16.4 Å². The van der Waals surface area contributed by atoms with Gasteiger partial charge in [-0.05, 0) is 55.5 Å². The van der Waals surface area contributed by atoms with Crippen molar-refractivity contribution in [2.75, 3.05) is 11.9 Å². The number of anilines is 1. The second-order valence-electron chi connectivity index (χ2n) is 5.97. The second kappa shape index (κ2) is 8.17. The molecule has 2 aromatic heterocycles. The van der Waals surface area contributed by atoms with E-state index in [4.69, 9.17) is 4.74 Å². The number of aromatic nitrogens is 4. The molecular formula is C16H21N5O3S2. The van der Waals surface area contributed by atoms with E-state index in [1.54, 1.807) is 20.9 Å². The lowest BCUT2D eigenvalue weighted by atomic mass is 9.95. The number of amides is 1. The summed E-state index contributed by atoms with van der Waals surface area (Å²) in [5.41, 5.74) is 1.56.